The van der Waals surface area contributed by atoms with Crippen LogP contribution < -0.4 is 0 Å². The van der Waals surface area contributed by atoms with Crippen molar-refractivity contribution in [2.75, 3.05) is 6.61 Å². The average molecular weight is 355 g/mol. The number of hydrogen-bond acceptors (Lipinski definition) is 5. The number of benzene rings is 2. The highest BCUT2D eigenvalue weighted by Crippen LogP contribution is 2.24. The quantitative estimate of drug-likeness (QED) is 0.467. The van der Waals surface area contributed by atoms with Gasteiger partial charge in [0.2, 0.25) is 0 Å². The first-order valence-electron chi connectivity index (χ1n) is 7.82. The van der Waals surface area contributed by atoms with Crippen LogP contribution in [0.25, 0.3) is 0 Å². The second-order valence-corrected chi connectivity index (χ2v) is 5.74. The Labute approximate surface area is 148 Å². The molecule has 0 saturated heterocycles. The minimum Gasteiger partial charge on any atom is -0.456 e. The van der Waals surface area contributed by atoms with Crippen molar-refractivity contribution >= 4 is 23.6 Å². The first-order chi connectivity index (χ1) is 12.4. The van der Waals surface area contributed by atoms with Gasteiger partial charge in [-0.05, 0) is 31.2 Å². The van der Waals surface area contributed by atoms with Gasteiger partial charge in [-0.1, -0.05) is 24.3 Å². The number of Topliss-reactive ketones (excluding diaryl/α,β-unsaturated/α-hetero) is 1. The van der Waals surface area contributed by atoms with Crippen LogP contribution in [0.5, 0.6) is 0 Å². The van der Waals surface area contributed by atoms with Crippen molar-refractivity contribution in [3.63, 3.8) is 0 Å². The van der Waals surface area contributed by atoms with E-state index >= 15 is 0 Å². The third kappa shape index (κ3) is 3.11. The molecule has 1 heterocycles. The molecule has 132 valence electrons. The summed E-state index contributed by atoms with van der Waals surface area (Å²) in [4.78, 5) is 49.6. The molecule has 0 bridgehead atoms. The van der Waals surface area contributed by atoms with Crippen LogP contribution >= 0.6 is 0 Å². The molecule has 2 aromatic rings. The Morgan fingerprint density at radius 1 is 1.04 bits per heavy atom. The molecule has 0 spiro atoms. The lowest BCUT2D eigenvalue weighted by Gasteiger charge is -2.20. The molecule has 0 aliphatic carbocycles. The molecule has 0 N–H and O–H groups in total. The maximum Gasteiger partial charge on any atom is 0.329 e. The Bertz CT molecular complexity index is 889. The van der Waals surface area contributed by atoms with Gasteiger partial charge in [0.1, 0.15) is 11.9 Å². The van der Waals surface area contributed by atoms with Gasteiger partial charge in [0.25, 0.3) is 11.8 Å². The molecule has 0 unspecified atom stereocenters. The highest BCUT2D eigenvalue weighted by atomic mass is 19.1. The van der Waals surface area contributed by atoms with E-state index in [1.54, 1.807) is 12.1 Å². The van der Waals surface area contributed by atoms with Gasteiger partial charge >= 0.3 is 5.97 Å². The molecule has 1 aliphatic heterocycles. The van der Waals surface area contributed by atoms with E-state index in [0.29, 0.717) is 0 Å². The van der Waals surface area contributed by atoms with Gasteiger partial charge in [0, 0.05) is 5.56 Å². The zero-order chi connectivity index (χ0) is 18.8. The minimum atomic E-state index is -1.19. The van der Waals surface area contributed by atoms with Gasteiger partial charge in [-0.3, -0.25) is 19.3 Å². The Hall–Kier alpha value is -3.35. The van der Waals surface area contributed by atoms with Gasteiger partial charge < -0.3 is 4.74 Å². The maximum atomic E-state index is 13.1. The molecule has 1 atom stereocenters. The summed E-state index contributed by atoms with van der Waals surface area (Å²) in [6.45, 7) is 0.729. The fraction of sp³-hybridized carbons (Fsp3) is 0.158. The number of amides is 2. The number of esters is 1. The number of ether oxygens (including phenoxy) is 1. The van der Waals surface area contributed by atoms with E-state index in [1.807, 2.05) is 0 Å². The van der Waals surface area contributed by atoms with Crippen molar-refractivity contribution in [1.29, 1.82) is 0 Å². The molecule has 2 aromatic carbocycles. The summed E-state index contributed by atoms with van der Waals surface area (Å²) in [6, 6.07) is 10.0. The SMILES string of the molecule is C[C@H](C(=O)OCC(=O)c1cccc(F)c1)N1C(=O)c2ccccc2C1=O. The lowest BCUT2D eigenvalue weighted by Crippen LogP contribution is -2.44. The number of nitrogens with zero attached hydrogens (tertiary/aromatic N) is 1. The monoisotopic (exact) mass is 355 g/mol. The second-order valence-electron chi connectivity index (χ2n) is 5.74. The summed E-state index contributed by atoms with van der Waals surface area (Å²) in [5.74, 6) is -3.25. The predicted octanol–water partition coefficient (Wildman–Crippen LogP) is 2.24. The van der Waals surface area contributed by atoms with Crippen LogP contribution in [0.3, 0.4) is 0 Å². The van der Waals surface area contributed by atoms with Crippen LogP contribution in [0.2, 0.25) is 0 Å². The number of rotatable bonds is 5. The minimum absolute atomic E-state index is 0.0613. The Balaban J connectivity index is 1.66. The fourth-order valence-corrected chi connectivity index (χ4v) is 2.67. The van der Waals surface area contributed by atoms with Gasteiger partial charge in [0.05, 0.1) is 11.1 Å². The molecular weight excluding hydrogens is 341 g/mol. The van der Waals surface area contributed by atoms with Crippen LogP contribution in [-0.4, -0.2) is 41.1 Å². The van der Waals surface area contributed by atoms with Crippen molar-refractivity contribution in [2.45, 2.75) is 13.0 Å². The third-order valence-electron chi connectivity index (χ3n) is 4.05. The number of carbonyl (C=O) groups is 4. The van der Waals surface area contributed by atoms with Crippen LogP contribution in [0.1, 0.15) is 38.0 Å². The summed E-state index contributed by atoms with van der Waals surface area (Å²) in [6.07, 6.45) is 0. The zero-order valence-corrected chi connectivity index (χ0v) is 13.8. The lowest BCUT2D eigenvalue weighted by molar-refractivity contribution is -0.146. The maximum absolute atomic E-state index is 13.1. The van der Waals surface area contributed by atoms with Crippen LogP contribution in [0.15, 0.2) is 48.5 Å². The van der Waals surface area contributed by atoms with E-state index < -0.39 is 42.0 Å². The first-order valence-corrected chi connectivity index (χ1v) is 7.82. The van der Waals surface area contributed by atoms with E-state index in [1.165, 1.54) is 37.3 Å². The van der Waals surface area contributed by atoms with Gasteiger partial charge in [-0.15, -0.1) is 0 Å². The Morgan fingerprint density at radius 2 is 1.65 bits per heavy atom. The smallest absolute Gasteiger partial charge is 0.329 e. The number of halogens is 1. The summed E-state index contributed by atoms with van der Waals surface area (Å²) in [5.41, 5.74) is 0.493. The summed E-state index contributed by atoms with van der Waals surface area (Å²) < 4.78 is 18.0. The van der Waals surface area contributed by atoms with Crippen molar-refractivity contribution in [1.82, 2.24) is 4.90 Å². The lowest BCUT2D eigenvalue weighted by atomic mass is 10.1. The topological polar surface area (TPSA) is 80.8 Å². The predicted molar refractivity (Wildman–Crippen MR) is 88.1 cm³/mol. The highest BCUT2D eigenvalue weighted by molar-refractivity contribution is 6.22. The van der Waals surface area contributed by atoms with E-state index in [-0.39, 0.29) is 16.7 Å². The molecule has 0 fully saturated rings. The molecule has 1 aliphatic rings. The second kappa shape index (κ2) is 6.87. The van der Waals surface area contributed by atoms with Gasteiger partial charge in [0.15, 0.2) is 12.4 Å². The normalized spacial score (nSPS) is 14.2. The standard InChI is InChI=1S/C19H14FNO5/c1-11(21-17(23)14-7-2-3-8-15(14)18(21)24)19(25)26-10-16(22)12-5-4-6-13(20)9-12/h2-9,11H,10H2,1H3/t11-/m1/s1. The number of carbonyl (C=O) groups excluding carboxylic acids is 4. The molecule has 6 nitrogen and oxygen atoms in total. The molecule has 3 rings (SSSR count). The van der Waals surface area contributed by atoms with Crippen molar-refractivity contribution in [2.24, 2.45) is 0 Å². The zero-order valence-electron chi connectivity index (χ0n) is 13.8. The fourth-order valence-electron chi connectivity index (χ4n) is 2.67. The van der Waals surface area contributed by atoms with Crippen molar-refractivity contribution in [3.05, 3.63) is 71.0 Å². The number of hydrogen-bond donors (Lipinski definition) is 0. The van der Waals surface area contributed by atoms with E-state index in [9.17, 15) is 23.6 Å². The molecule has 0 saturated carbocycles. The van der Waals surface area contributed by atoms with Crippen LogP contribution in [0, 0.1) is 5.82 Å². The largest absolute Gasteiger partial charge is 0.456 e. The first kappa shape index (κ1) is 17.5. The number of imide groups is 1. The van der Waals surface area contributed by atoms with Crippen LogP contribution in [-0.2, 0) is 9.53 Å². The van der Waals surface area contributed by atoms with E-state index in [2.05, 4.69) is 0 Å². The third-order valence-corrected chi connectivity index (χ3v) is 4.05. The van der Waals surface area contributed by atoms with Gasteiger partial charge in [-0.25, -0.2) is 9.18 Å². The molecule has 2 amide bonds. The molecule has 26 heavy (non-hydrogen) atoms. The highest BCUT2D eigenvalue weighted by Gasteiger charge is 2.41. The Morgan fingerprint density at radius 3 is 2.23 bits per heavy atom. The van der Waals surface area contributed by atoms with Gasteiger partial charge in [-0.2, -0.15) is 0 Å². The van der Waals surface area contributed by atoms with Crippen LogP contribution in [0.4, 0.5) is 4.39 Å². The Kier molecular flexibility index (Phi) is 4.62. The number of ketones is 1. The molecule has 0 radical (unpaired) electrons. The average Bonchev–Trinajstić information content (AvgIpc) is 2.90. The van der Waals surface area contributed by atoms with Crippen molar-refractivity contribution in [3.8, 4) is 0 Å². The molecule has 0 aromatic heterocycles. The summed E-state index contributed by atoms with van der Waals surface area (Å²) in [7, 11) is 0. The summed E-state index contributed by atoms with van der Waals surface area (Å²) in [5, 5.41) is 0. The number of fused-ring (bicyclic) bond motifs is 1. The van der Waals surface area contributed by atoms with Crippen molar-refractivity contribution < 1.29 is 28.3 Å². The summed E-state index contributed by atoms with van der Waals surface area (Å²) >= 11 is 0. The van der Waals surface area contributed by atoms with E-state index in [0.717, 1.165) is 11.0 Å². The molecule has 7 heteroatoms. The van der Waals surface area contributed by atoms with E-state index in [4.69, 9.17) is 4.74 Å². The molecular formula is C19H14FNO5.